The minimum absolute atomic E-state index is 0.0210. The molecule has 3 nitrogen and oxygen atoms in total. The van der Waals surface area contributed by atoms with Crippen molar-refractivity contribution in [2.24, 2.45) is 0 Å². The number of hydrogen-bond donors (Lipinski definition) is 0. The third-order valence-electron chi connectivity index (χ3n) is 2.73. The van der Waals surface area contributed by atoms with Gasteiger partial charge in [0, 0.05) is 6.61 Å². The lowest BCUT2D eigenvalue weighted by Crippen LogP contribution is -2.47. The number of hydrogen-bond acceptors (Lipinski definition) is 3. The van der Waals surface area contributed by atoms with Gasteiger partial charge in [-0.15, -0.1) is 0 Å². The van der Waals surface area contributed by atoms with Crippen LogP contribution in [0.3, 0.4) is 0 Å². The van der Waals surface area contributed by atoms with Crippen LogP contribution in [-0.2, 0) is 14.2 Å². The zero-order valence-corrected chi connectivity index (χ0v) is 10.4. The van der Waals surface area contributed by atoms with Crippen molar-refractivity contribution in [2.45, 2.75) is 44.2 Å². The van der Waals surface area contributed by atoms with Crippen molar-refractivity contribution < 1.29 is 14.2 Å². The van der Waals surface area contributed by atoms with Crippen LogP contribution in [0.5, 0.6) is 0 Å². The average molecular weight is 312 g/mol. The maximum atomic E-state index is 5.84. The summed E-state index contributed by atoms with van der Waals surface area (Å²) in [7, 11) is 0. The molecular weight excluding hydrogens is 295 g/mol. The molecule has 2 saturated heterocycles. The molecule has 2 aliphatic rings. The Labute approximate surface area is 98.6 Å². The lowest BCUT2D eigenvalue weighted by molar-refractivity contribution is -0.274. The molecular formula is C10H17IO3. The Kier molecular flexibility index (Phi) is 4.46. The van der Waals surface area contributed by atoms with Gasteiger partial charge in [0.15, 0.2) is 6.29 Å². The van der Waals surface area contributed by atoms with E-state index in [9.17, 15) is 0 Å². The van der Waals surface area contributed by atoms with Crippen molar-refractivity contribution in [3.63, 3.8) is 0 Å². The number of alkyl halides is 1. The van der Waals surface area contributed by atoms with Crippen molar-refractivity contribution in [3.8, 4) is 0 Å². The summed E-state index contributed by atoms with van der Waals surface area (Å²) in [4.78, 5) is 0. The van der Waals surface area contributed by atoms with Crippen molar-refractivity contribution in [1.82, 2.24) is 0 Å². The Morgan fingerprint density at radius 2 is 2.14 bits per heavy atom. The first-order chi connectivity index (χ1) is 6.90. The highest BCUT2D eigenvalue weighted by molar-refractivity contribution is 14.1. The van der Waals surface area contributed by atoms with Crippen LogP contribution >= 0.6 is 22.6 Å². The number of fused-ring (bicyclic) bond motifs is 1. The third-order valence-corrected chi connectivity index (χ3v) is 3.49. The zero-order valence-electron chi connectivity index (χ0n) is 8.28. The standard InChI is InChI=1S/C10H17IO3/c11-5-1-4-10-13-7-9-8(14-10)3-2-6-12-9/h8-10H,1-7H2/t8-,9+,10+/m0/s1. The first-order valence-electron chi connectivity index (χ1n) is 5.35. The van der Waals surface area contributed by atoms with Gasteiger partial charge in [0.25, 0.3) is 0 Å². The molecule has 0 bridgehead atoms. The highest BCUT2D eigenvalue weighted by atomic mass is 127. The largest absolute Gasteiger partial charge is 0.373 e. The predicted molar refractivity (Wildman–Crippen MR) is 61.7 cm³/mol. The molecule has 0 aromatic carbocycles. The second-order valence-corrected chi connectivity index (χ2v) is 4.90. The van der Waals surface area contributed by atoms with Gasteiger partial charge in [-0.25, -0.2) is 0 Å². The maximum Gasteiger partial charge on any atom is 0.158 e. The molecule has 0 radical (unpaired) electrons. The minimum Gasteiger partial charge on any atom is -0.373 e. The van der Waals surface area contributed by atoms with Crippen LogP contribution in [0.1, 0.15) is 25.7 Å². The molecule has 0 spiro atoms. The molecule has 2 aliphatic heterocycles. The quantitative estimate of drug-likeness (QED) is 0.590. The summed E-state index contributed by atoms with van der Waals surface area (Å²) in [5.41, 5.74) is 0. The molecule has 0 N–H and O–H groups in total. The van der Waals surface area contributed by atoms with Crippen LogP contribution in [-0.4, -0.2) is 36.1 Å². The van der Waals surface area contributed by atoms with Crippen LogP contribution < -0.4 is 0 Å². The van der Waals surface area contributed by atoms with Gasteiger partial charge >= 0.3 is 0 Å². The lowest BCUT2D eigenvalue weighted by Gasteiger charge is -2.39. The minimum atomic E-state index is 0.0210. The predicted octanol–water partition coefficient (Wildman–Crippen LogP) is 2.12. The van der Waals surface area contributed by atoms with Crippen LogP contribution in [0.15, 0.2) is 0 Å². The molecule has 2 heterocycles. The fourth-order valence-electron chi connectivity index (χ4n) is 1.96. The summed E-state index contributed by atoms with van der Waals surface area (Å²) in [5.74, 6) is 0. The Morgan fingerprint density at radius 1 is 1.21 bits per heavy atom. The molecule has 3 atom stereocenters. The fraction of sp³-hybridized carbons (Fsp3) is 1.00. The van der Waals surface area contributed by atoms with Gasteiger partial charge in [0.1, 0.15) is 6.10 Å². The molecule has 0 unspecified atom stereocenters. The molecule has 0 aromatic heterocycles. The Balaban J connectivity index is 1.77. The van der Waals surface area contributed by atoms with E-state index in [-0.39, 0.29) is 18.5 Å². The van der Waals surface area contributed by atoms with E-state index in [0.717, 1.165) is 32.5 Å². The first kappa shape index (κ1) is 11.1. The van der Waals surface area contributed by atoms with Crippen molar-refractivity contribution in [1.29, 1.82) is 0 Å². The highest BCUT2D eigenvalue weighted by Crippen LogP contribution is 2.25. The molecule has 0 saturated carbocycles. The second-order valence-electron chi connectivity index (χ2n) is 3.82. The first-order valence-corrected chi connectivity index (χ1v) is 6.87. The number of ether oxygens (including phenoxy) is 3. The summed E-state index contributed by atoms with van der Waals surface area (Å²) in [6.45, 7) is 1.59. The van der Waals surface area contributed by atoms with Crippen LogP contribution in [0.25, 0.3) is 0 Å². The van der Waals surface area contributed by atoms with Gasteiger partial charge in [-0.3, -0.25) is 0 Å². The molecule has 82 valence electrons. The van der Waals surface area contributed by atoms with E-state index in [1.165, 1.54) is 10.8 Å². The van der Waals surface area contributed by atoms with E-state index < -0.39 is 0 Å². The van der Waals surface area contributed by atoms with Gasteiger partial charge in [0.05, 0.1) is 12.7 Å². The van der Waals surface area contributed by atoms with Crippen molar-refractivity contribution >= 4 is 22.6 Å². The highest BCUT2D eigenvalue weighted by Gasteiger charge is 2.34. The van der Waals surface area contributed by atoms with Gasteiger partial charge in [0.2, 0.25) is 0 Å². The molecule has 0 aliphatic carbocycles. The van der Waals surface area contributed by atoms with Gasteiger partial charge < -0.3 is 14.2 Å². The van der Waals surface area contributed by atoms with Crippen molar-refractivity contribution in [3.05, 3.63) is 0 Å². The van der Waals surface area contributed by atoms with E-state index in [4.69, 9.17) is 14.2 Å². The fourth-order valence-corrected chi connectivity index (χ4v) is 2.40. The molecule has 0 amide bonds. The van der Waals surface area contributed by atoms with Gasteiger partial charge in [-0.05, 0) is 30.1 Å². The maximum absolute atomic E-state index is 5.84. The molecule has 2 fully saturated rings. The third kappa shape index (κ3) is 2.81. The van der Waals surface area contributed by atoms with Gasteiger partial charge in [-0.2, -0.15) is 0 Å². The smallest absolute Gasteiger partial charge is 0.158 e. The summed E-state index contributed by atoms with van der Waals surface area (Å²) >= 11 is 2.38. The lowest BCUT2D eigenvalue weighted by atomic mass is 10.1. The summed E-state index contributed by atoms with van der Waals surface area (Å²) < 4.78 is 18.2. The van der Waals surface area contributed by atoms with E-state index in [0.29, 0.717) is 0 Å². The average Bonchev–Trinajstić information content (AvgIpc) is 2.26. The SMILES string of the molecule is ICCC[C@@H]1OC[C@H]2OCCC[C@@H]2O1. The second kappa shape index (κ2) is 5.63. The van der Waals surface area contributed by atoms with Crippen molar-refractivity contribution in [2.75, 3.05) is 17.6 Å². The van der Waals surface area contributed by atoms with Crippen LogP contribution in [0, 0.1) is 0 Å². The Hall–Kier alpha value is 0.610. The van der Waals surface area contributed by atoms with Crippen LogP contribution in [0.4, 0.5) is 0 Å². The number of rotatable bonds is 3. The van der Waals surface area contributed by atoms with Gasteiger partial charge in [-0.1, -0.05) is 22.6 Å². The number of halogens is 1. The monoisotopic (exact) mass is 312 g/mol. The molecule has 14 heavy (non-hydrogen) atoms. The van der Waals surface area contributed by atoms with E-state index in [1.807, 2.05) is 0 Å². The zero-order chi connectivity index (χ0) is 9.80. The summed E-state index contributed by atoms with van der Waals surface area (Å²) in [6, 6.07) is 0. The van der Waals surface area contributed by atoms with E-state index >= 15 is 0 Å². The topological polar surface area (TPSA) is 27.7 Å². The Bertz CT molecular complexity index is 177. The summed E-state index contributed by atoms with van der Waals surface area (Å²) in [6.07, 6.45) is 4.95. The van der Waals surface area contributed by atoms with Crippen LogP contribution in [0.2, 0.25) is 0 Å². The normalized spacial score (nSPS) is 37.9. The molecule has 0 aromatic rings. The molecule has 2 rings (SSSR count). The van der Waals surface area contributed by atoms with E-state index in [2.05, 4.69) is 22.6 Å². The van der Waals surface area contributed by atoms with E-state index in [1.54, 1.807) is 0 Å². The molecule has 4 heteroatoms. The summed E-state index contributed by atoms with van der Waals surface area (Å²) in [5, 5.41) is 0. The Morgan fingerprint density at radius 3 is 3.00 bits per heavy atom.